The average molecular weight is 411 g/mol. The SMILES string of the molecule is Cc1nc(/C(=N/OC2(C(=O)OC(C)(C)C)CC2)C(=O)C[C@@H](CO)C(N)=O)cs1. The molecule has 1 amide bonds. The lowest BCUT2D eigenvalue weighted by molar-refractivity contribution is -0.172. The van der Waals surface area contributed by atoms with Crippen molar-refractivity contribution < 1.29 is 29.1 Å². The van der Waals surface area contributed by atoms with Gasteiger partial charge in [-0.25, -0.2) is 9.78 Å². The third-order valence-corrected chi connectivity index (χ3v) is 4.74. The summed E-state index contributed by atoms with van der Waals surface area (Å²) in [5, 5.41) is 15.5. The van der Waals surface area contributed by atoms with E-state index in [4.69, 9.17) is 15.3 Å². The average Bonchev–Trinajstić information content (AvgIpc) is 3.26. The van der Waals surface area contributed by atoms with Crippen LogP contribution in [0.5, 0.6) is 0 Å². The highest BCUT2D eigenvalue weighted by atomic mass is 32.1. The van der Waals surface area contributed by atoms with E-state index in [2.05, 4.69) is 10.1 Å². The van der Waals surface area contributed by atoms with Gasteiger partial charge in [-0.1, -0.05) is 5.16 Å². The molecule has 0 saturated heterocycles. The summed E-state index contributed by atoms with van der Waals surface area (Å²) in [6, 6.07) is 0. The Morgan fingerprint density at radius 2 is 2.04 bits per heavy atom. The summed E-state index contributed by atoms with van der Waals surface area (Å²) in [5.74, 6) is -2.95. The molecule has 1 saturated carbocycles. The smallest absolute Gasteiger partial charge is 0.353 e. The summed E-state index contributed by atoms with van der Waals surface area (Å²) in [4.78, 5) is 46.1. The Kier molecular flexibility index (Phi) is 6.56. The van der Waals surface area contributed by atoms with Crippen LogP contribution in [0.1, 0.15) is 50.7 Å². The van der Waals surface area contributed by atoms with Crippen LogP contribution in [0.2, 0.25) is 0 Å². The van der Waals surface area contributed by atoms with Crippen molar-refractivity contribution in [2.24, 2.45) is 16.8 Å². The lowest BCUT2D eigenvalue weighted by Gasteiger charge is -2.22. The predicted octanol–water partition coefficient (Wildman–Crippen LogP) is 1.10. The minimum atomic E-state index is -1.22. The molecule has 28 heavy (non-hydrogen) atoms. The van der Waals surface area contributed by atoms with Gasteiger partial charge in [-0.05, 0) is 27.7 Å². The molecule has 3 N–H and O–H groups in total. The second kappa shape index (κ2) is 8.36. The van der Waals surface area contributed by atoms with E-state index in [1.165, 1.54) is 11.3 Å². The molecule has 1 fully saturated rings. The summed E-state index contributed by atoms with van der Waals surface area (Å²) in [7, 11) is 0. The van der Waals surface area contributed by atoms with Crippen LogP contribution in [-0.2, 0) is 24.0 Å². The molecule has 10 heteroatoms. The molecule has 154 valence electrons. The number of nitrogens with zero attached hydrogens (tertiary/aromatic N) is 2. The van der Waals surface area contributed by atoms with Crippen molar-refractivity contribution in [2.75, 3.05) is 6.61 Å². The summed E-state index contributed by atoms with van der Waals surface area (Å²) in [6.45, 7) is 6.44. The highest BCUT2D eigenvalue weighted by Gasteiger charge is 2.56. The zero-order valence-corrected chi connectivity index (χ0v) is 17.2. The fourth-order valence-corrected chi connectivity index (χ4v) is 2.84. The van der Waals surface area contributed by atoms with E-state index in [-0.39, 0.29) is 17.8 Å². The van der Waals surface area contributed by atoms with Crippen molar-refractivity contribution in [3.8, 4) is 0 Å². The summed E-state index contributed by atoms with van der Waals surface area (Å²) in [5.41, 5.74) is 3.44. The number of aromatic nitrogens is 1. The molecule has 9 nitrogen and oxygen atoms in total. The van der Waals surface area contributed by atoms with Crippen LogP contribution < -0.4 is 5.73 Å². The molecule has 0 spiro atoms. The number of primary amides is 1. The van der Waals surface area contributed by atoms with Gasteiger partial charge in [0.25, 0.3) is 0 Å². The number of ketones is 1. The van der Waals surface area contributed by atoms with Gasteiger partial charge in [0.1, 0.15) is 11.3 Å². The van der Waals surface area contributed by atoms with Crippen LogP contribution in [0.25, 0.3) is 0 Å². The fraction of sp³-hybridized carbons (Fsp3) is 0.611. The molecule has 2 rings (SSSR count). The molecule has 1 aromatic heterocycles. The van der Waals surface area contributed by atoms with Crippen LogP contribution in [-0.4, -0.2) is 51.3 Å². The number of hydrogen-bond donors (Lipinski definition) is 2. The number of nitrogens with two attached hydrogens (primary N) is 1. The topological polar surface area (TPSA) is 141 Å². The zero-order valence-electron chi connectivity index (χ0n) is 16.4. The van der Waals surface area contributed by atoms with Crippen molar-refractivity contribution in [1.82, 2.24) is 4.98 Å². The Balaban J connectivity index is 2.24. The molecule has 0 aromatic carbocycles. The largest absolute Gasteiger partial charge is 0.457 e. The molecule has 0 aliphatic heterocycles. The molecule has 0 unspecified atom stereocenters. The number of rotatable bonds is 9. The Hall–Kier alpha value is -2.33. The van der Waals surface area contributed by atoms with Gasteiger partial charge in [0.2, 0.25) is 11.5 Å². The van der Waals surface area contributed by atoms with Crippen LogP contribution in [0, 0.1) is 12.8 Å². The Morgan fingerprint density at radius 3 is 2.46 bits per heavy atom. The monoisotopic (exact) mass is 411 g/mol. The summed E-state index contributed by atoms with van der Waals surface area (Å²) in [6.07, 6.45) is 0.497. The van der Waals surface area contributed by atoms with Crippen molar-refractivity contribution in [3.05, 3.63) is 16.1 Å². The minimum absolute atomic E-state index is 0.126. The molecule has 1 aromatic rings. The van der Waals surface area contributed by atoms with Gasteiger partial charge in [-0.2, -0.15) is 0 Å². The maximum Gasteiger partial charge on any atom is 0.353 e. The van der Waals surface area contributed by atoms with E-state index >= 15 is 0 Å². The van der Waals surface area contributed by atoms with Crippen molar-refractivity contribution in [3.63, 3.8) is 0 Å². The number of amides is 1. The molecule has 1 heterocycles. The first-order chi connectivity index (χ1) is 13.0. The molecular formula is C18H25N3O6S. The second-order valence-electron chi connectivity index (χ2n) is 7.69. The van der Waals surface area contributed by atoms with Gasteiger partial charge < -0.3 is 20.4 Å². The lowest BCUT2D eigenvalue weighted by atomic mass is 9.99. The van der Waals surface area contributed by atoms with E-state index in [9.17, 15) is 19.5 Å². The number of Topliss-reactive ketones (excluding diaryl/α,β-unsaturated/α-hetero) is 1. The number of aliphatic hydroxyl groups is 1. The van der Waals surface area contributed by atoms with Crippen molar-refractivity contribution in [2.45, 2.75) is 58.2 Å². The normalized spacial score (nSPS) is 17.0. The van der Waals surface area contributed by atoms with Gasteiger partial charge in [-0.3, -0.25) is 9.59 Å². The quantitative estimate of drug-likeness (QED) is 0.352. The highest BCUT2D eigenvalue weighted by Crippen LogP contribution is 2.42. The van der Waals surface area contributed by atoms with Gasteiger partial charge in [0.15, 0.2) is 11.5 Å². The van der Waals surface area contributed by atoms with E-state index in [1.54, 1.807) is 33.1 Å². The number of oxime groups is 1. The Labute approximate surface area is 166 Å². The van der Waals surface area contributed by atoms with Gasteiger partial charge >= 0.3 is 5.97 Å². The number of ether oxygens (including phenoxy) is 1. The number of esters is 1. The van der Waals surface area contributed by atoms with Crippen LogP contribution in [0.15, 0.2) is 10.5 Å². The standard InChI is InChI=1S/C18H25N3O6S/c1-10-20-12(9-28-10)14(13(23)7-11(8-22)15(19)24)21-27-18(5-6-18)16(25)26-17(2,3)4/h9,11,22H,5-8H2,1-4H3,(H2,19,24)/b21-14-/t11-/m0/s1. The molecule has 1 atom stereocenters. The minimum Gasteiger partial charge on any atom is -0.457 e. The first-order valence-electron chi connectivity index (χ1n) is 8.83. The maximum absolute atomic E-state index is 12.7. The van der Waals surface area contributed by atoms with Crippen molar-refractivity contribution in [1.29, 1.82) is 0 Å². The van der Waals surface area contributed by atoms with Gasteiger partial charge in [0.05, 0.1) is 17.5 Å². The predicted molar refractivity (Wildman–Crippen MR) is 102 cm³/mol. The zero-order chi connectivity index (χ0) is 21.1. The number of hydrogen-bond acceptors (Lipinski definition) is 9. The van der Waals surface area contributed by atoms with E-state index in [0.717, 1.165) is 0 Å². The number of carbonyl (C=O) groups excluding carboxylic acids is 3. The summed E-state index contributed by atoms with van der Waals surface area (Å²) < 4.78 is 5.36. The second-order valence-corrected chi connectivity index (χ2v) is 8.75. The molecular weight excluding hydrogens is 386 g/mol. The van der Waals surface area contributed by atoms with E-state index < -0.39 is 41.4 Å². The lowest BCUT2D eigenvalue weighted by Crippen LogP contribution is -2.35. The molecule has 0 bridgehead atoms. The number of aliphatic hydroxyl groups excluding tert-OH is 1. The van der Waals surface area contributed by atoms with Crippen LogP contribution >= 0.6 is 11.3 Å². The third kappa shape index (κ3) is 5.59. The first-order valence-corrected chi connectivity index (χ1v) is 9.71. The van der Waals surface area contributed by atoms with Crippen molar-refractivity contribution >= 4 is 34.7 Å². The van der Waals surface area contributed by atoms with Gasteiger partial charge in [0, 0.05) is 24.6 Å². The van der Waals surface area contributed by atoms with Gasteiger partial charge in [-0.15, -0.1) is 11.3 Å². The Morgan fingerprint density at radius 1 is 1.39 bits per heavy atom. The number of carbonyl (C=O) groups is 3. The van der Waals surface area contributed by atoms with Crippen LogP contribution in [0.3, 0.4) is 0 Å². The summed E-state index contributed by atoms with van der Waals surface area (Å²) >= 11 is 1.31. The third-order valence-electron chi connectivity index (χ3n) is 3.97. The first kappa shape index (κ1) is 22.0. The maximum atomic E-state index is 12.7. The van der Waals surface area contributed by atoms with E-state index in [0.29, 0.717) is 17.8 Å². The highest BCUT2D eigenvalue weighted by molar-refractivity contribution is 7.09. The molecule has 1 aliphatic rings. The number of thiazole rings is 1. The fourth-order valence-electron chi connectivity index (χ4n) is 2.24. The Bertz CT molecular complexity index is 791. The molecule has 0 radical (unpaired) electrons. The van der Waals surface area contributed by atoms with Crippen LogP contribution in [0.4, 0.5) is 0 Å². The molecule has 1 aliphatic carbocycles. The number of aryl methyl sites for hydroxylation is 1. The van der Waals surface area contributed by atoms with E-state index in [1.807, 2.05) is 0 Å².